The number of nitrogens with one attached hydrogen (secondary N) is 2. The number of rotatable bonds is 9. The maximum atomic E-state index is 13.2. The smallest absolute Gasteiger partial charge is 0.191 e. The topological polar surface area (TPSA) is 54.9 Å². The number of methoxy groups -OCH3 is 1. The van der Waals surface area contributed by atoms with Gasteiger partial charge in [-0.3, -0.25) is 0 Å². The van der Waals surface area contributed by atoms with E-state index in [9.17, 15) is 4.39 Å². The molecule has 0 bridgehead atoms. The Bertz CT molecular complexity index is 750. The number of hydrogen-bond acceptors (Lipinski definition) is 3. The first-order valence-electron chi connectivity index (χ1n) is 9.22. The lowest BCUT2D eigenvalue weighted by Gasteiger charge is -2.12. The van der Waals surface area contributed by atoms with Crippen molar-refractivity contribution in [2.45, 2.75) is 26.8 Å². The Kier molecular flexibility index (Phi) is 8.42. The lowest BCUT2D eigenvalue weighted by molar-refractivity contribution is 0.310. The summed E-state index contributed by atoms with van der Waals surface area (Å²) in [6.07, 6.45) is 0.721. The number of aliphatic imine (C=N–C) groups is 1. The summed E-state index contributed by atoms with van der Waals surface area (Å²) in [5, 5.41) is 6.50. The normalized spacial score (nSPS) is 11.2. The fraction of sp³-hybridized carbons (Fsp3) is 0.381. The van der Waals surface area contributed by atoms with Gasteiger partial charge >= 0.3 is 0 Å². The first-order chi connectivity index (χ1) is 13.2. The van der Waals surface area contributed by atoms with Crippen molar-refractivity contribution in [2.75, 3.05) is 26.8 Å². The van der Waals surface area contributed by atoms with Gasteiger partial charge in [0.25, 0.3) is 0 Å². The summed E-state index contributed by atoms with van der Waals surface area (Å²) in [6, 6.07) is 12.5. The molecule has 2 aromatic carbocycles. The number of nitrogens with zero attached hydrogens (tertiary/aromatic N) is 1. The largest absolute Gasteiger partial charge is 0.493 e. The molecule has 146 valence electrons. The number of benzene rings is 2. The Morgan fingerprint density at radius 2 is 1.89 bits per heavy atom. The predicted molar refractivity (Wildman–Crippen MR) is 107 cm³/mol. The lowest BCUT2D eigenvalue weighted by Crippen LogP contribution is -2.38. The van der Waals surface area contributed by atoms with Crippen molar-refractivity contribution in [1.29, 1.82) is 0 Å². The molecular weight excluding hydrogens is 345 g/mol. The number of ether oxygens (including phenoxy) is 2. The van der Waals surface area contributed by atoms with Gasteiger partial charge in [-0.25, -0.2) is 9.38 Å². The molecular formula is C21H28FN3O2. The Morgan fingerprint density at radius 1 is 1.04 bits per heavy atom. The quantitative estimate of drug-likeness (QED) is 0.522. The van der Waals surface area contributed by atoms with E-state index in [1.54, 1.807) is 19.2 Å². The Hall–Kier alpha value is -2.76. The first kappa shape index (κ1) is 20.6. The summed E-state index contributed by atoms with van der Waals surface area (Å²) < 4.78 is 24.2. The number of guanidine groups is 1. The molecule has 0 fully saturated rings. The molecule has 0 aliphatic heterocycles. The van der Waals surface area contributed by atoms with Gasteiger partial charge in [0.1, 0.15) is 5.82 Å². The maximum absolute atomic E-state index is 13.2. The van der Waals surface area contributed by atoms with Gasteiger partial charge in [0.2, 0.25) is 0 Å². The van der Waals surface area contributed by atoms with Crippen molar-refractivity contribution in [3.63, 3.8) is 0 Å². The summed E-state index contributed by atoms with van der Waals surface area (Å²) in [6.45, 7) is 6.49. The number of hydrogen-bond donors (Lipinski definition) is 2. The van der Waals surface area contributed by atoms with E-state index < -0.39 is 0 Å². The predicted octanol–water partition coefficient (Wildman–Crippen LogP) is 3.53. The Balaban J connectivity index is 1.96. The van der Waals surface area contributed by atoms with Gasteiger partial charge in [-0.1, -0.05) is 18.2 Å². The maximum Gasteiger partial charge on any atom is 0.191 e. The van der Waals surface area contributed by atoms with E-state index >= 15 is 0 Å². The highest BCUT2D eigenvalue weighted by Gasteiger charge is 2.05. The molecule has 0 aliphatic carbocycles. The molecule has 2 aromatic rings. The lowest BCUT2D eigenvalue weighted by atomic mass is 10.1. The van der Waals surface area contributed by atoms with Crippen molar-refractivity contribution >= 4 is 5.96 Å². The number of halogens is 1. The standard InChI is InChI=1S/C21H28FN3O2/c1-4-23-21(24-12-11-16-7-6-8-18(22)13-16)25-15-17-9-10-19(27-5-2)20(14-17)26-3/h6-10,13-14H,4-5,11-12,15H2,1-3H3,(H2,23,24,25). The van der Waals surface area contributed by atoms with Crippen LogP contribution in [0.3, 0.4) is 0 Å². The van der Waals surface area contributed by atoms with E-state index in [2.05, 4.69) is 15.6 Å². The second-order valence-electron chi connectivity index (χ2n) is 5.92. The second kappa shape index (κ2) is 11.1. The third-order valence-electron chi connectivity index (χ3n) is 3.89. The van der Waals surface area contributed by atoms with E-state index in [1.807, 2.05) is 38.1 Å². The van der Waals surface area contributed by atoms with Crippen LogP contribution in [0, 0.1) is 5.82 Å². The van der Waals surface area contributed by atoms with Crippen LogP contribution >= 0.6 is 0 Å². The van der Waals surface area contributed by atoms with Gasteiger partial charge in [0.15, 0.2) is 17.5 Å². The average molecular weight is 373 g/mol. The van der Waals surface area contributed by atoms with E-state index in [0.717, 1.165) is 35.8 Å². The molecule has 0 aliphatic rings. The minimum Gasteiger partial charge on any atom is -0.493 e. The van der Waals surface area contributed by atoms with Crippen LogP contribution in [0.1, 0.15) is 25.0 Å². The van der Waals surface area contributed by atoms with Gasteiger partial charge in [-0.2, -0.15) is 0 Å². The SMILES string of the molecule is CCNC(=NCc1ccc(OCC)c(OC)c1)NCCc1cccc(F)c1. The molecule has 0 radical (unpaired) electrons. The summed E-state index contributed by atoms with van der Waals surface area (Å²) >= 11 is 0. The van der Waals surface area contributed by atoms with Gasteiger partial charge in [0.05, 0.1) is 20.3 Å². The Morgan fingerprint density at radius 3 is 2.59 bits per heavy atom. The molecule has 0 amide bonds. The van der Waals surface area contributed by atoms with Crippen molar-refractivity contribution in [3.05, 3.63) is 59.4 Å². The minimum absolute atomic E-state index is 0.211. The van der Waals surface area contributed by atoms with Crippen LogP contribution in [0.4, 0.5) is 4.39 Å². The van der Waals surface area contributed by atoms with Crippen LogP contribution in [0.2, 0.25) is 0 Å². The molecule has 5 nitrogen and oxygen atoms in total. The van der Waals surface area contributed by atoms with Gasteiger partial charge in [0, 0.05) is 13.1 Å². The fourth-order valence-electron chi connectivity index (χ4n) is 2.61. The molecule has 27 heavy (non-hydrogen) atoms. The molecule has 0 aromatic heterocycles. The molecule has 0 atom stereocenters. The van der Waals surface area contributed by atoms with Crippen LogP contribution in [-0.2, 0) is 13.0 Å². The van der Waals surface area contributed by atoms with Crippen molar-refractivity contribution in [1.82, 2.24) is 10.6 Å². The zero-order chi connectivity index (χ0) is 19.5. The monoisotopic (exact) mass is 373 g/mol. The average Bonchev–Trinajstić information content (AvgIpc) is 2.67. The van der Waals surface area contributed by atoms with Crippen molar-refractivity contribution in [3.8, 4) is 11.5 Å². The molecule has 2 rings (SSSR count). The van der Waals surface area contributed by atoms with Gasteiger partial charge < -0.3 is 20.1 Å². The van der Waals surface area contributed by atoms with Gasteiger partial charge in [-0.05, 0) is 55.7 Å². The van der Waals surface area contributed by atoms with E-state index in [0.29, 0.717) is 25.4 Å². The Labute approximate surface area is 160 Å². The molecule has 0 spiro atoms. The summed E-state index contributed by atoms with van der Waals surface area (Å²) in [5.41, 5.74) is 1.98. The fourth-order valence-corrected chi connectivity index (χ4v) is 2.61. The molecule has 0 unspecified atom stereocenters. The zero-order valence-corrected chi connectivity index (χ0v) is 16.2. The van der Waals surface area contributed by atoms with E-state index in [4.69, 9.17) is 9.47 Å². The second-order valence-corrected chi connectivity index (χ2v) is 5.92. The third kappa shape index (κ3) is 6.81. The third-order valence-corrected chi connectivity index (χ3v) is 3.89. The molecule has 0 saturated heterocycles. The molecule has 2 N–H and O–H groups in total. The van der Waals surface area contributed by atoms with E-state index in [-0.39, 0.29) is 5.82 Å². The van der Waals surface area contributed by atoms with Crippen LogP contribution in [0.15, 0.2) is 47.5 Å². The van der Waals surface area contributed by atoms with Crippen LogP contribution in [0.5, 0.6) is 11.5 Å². The minimum atomic E-state index is -0.211. The summed E-state index contributed by atoms with van der Waals surface area (Å²) in [7, 11) is 1.63. The van der Waals surface area contributed by atoms with E-state index in [1.165, 1.54) is 6.07 Å². The van der Waals surface area contributed by atoms with Gasteiger partial charge in [-0.15, -0.1) is 0 Å². The molecule has 0 heterocycles. The van der Waals surface area contributed by atoms with Crippen molar-refractivity contribution in [2.24, 2.45) is 4.99 Å². The van der Waals surface area contributed by atoms with Crippen LogP contribution in [0.25, 0.3) is 0 Å². The van der Waals surface area contributed by atoms with Crippen LogP contribution < -0.4 is 20.1 Å². The summed E-state index contributed by atoms with van der Waals surface area (Å²) in [5.74, 6) is 1.95. The highest BCUT2D eigenvalue weighted by atomic mass is 19.1. The highest BCUT2D eigenvalue weighted by Crippen LogP contribution is 2.28. The van der Waals surface area contributed by atoms with Crippen LogP contribution in [-0.4, -0.2) is 32.8 Å². The molecule has 0 saturated carbocycles. The zero-order valence-electron chi connectivity index (χ0n) is 16.2. The highest BCUT2D eigenvalue weighted by molar-refractivity contribution is 5.79. The molecule has 6 heteroatoms. The first-order valence-corrected chi connectivity index (χ1v) is 9.22. The summed E-state index contributed by atoms with van der Waals surface area (Å²) in [4.78, 5) is 4.61. The van der Waals surface area contributed by atoms with Crippen molar-refractivity contribution < 1.29 is 13.9 Å².